The summed E-state index contributed by atoms with van der Waals surface area (Å²) >= 11 is 0. The van der Waals surface area contributed by atoms with E-state index in [2.05, 4.69) is 5.09 Å². The lowest BCUT2D eigenvalue weighted by Crippen LogP contribution is -2.37. The standard InChI is InChI=1S/C33H44NO6P/c1-8-27(9-2)39-33(36)25(7)34-41(37,40-28-13-11-10-12-14-28)21-38-29-17-23(5)31(24(6)18-29)20-26-15-16-32(35)30(19-26)22(3)4/h10-19,22,25,27,35H,8-9,20-21H2,1-7H3,(H,34,37)/t25-,41?/m0/s1/i21D2. The van der Waals surface area contributed by atoms with Crippen molar-refractivity contribution in [3.8, 4) is 17.2 Å². The third-order valence-electron chi connectivity index (χ3n) is 6.94. The number of benzene rings is 3. The number of carbonyl (C=O) groups excluding carboxylic acids is 1. The number of nitrogens with one attached hydrogen (secondary N) is 1. The second kappa shape index (κ2) is 14.6. The van der Waals surface area contributed by atoms with Gasteiger partial charge in [0.2, 0.25) is 0 Å². The Bertz CT molecular complexity index is 1420. The van der Waals surface area contributed by atoms with Crippen LogP contribution >= 0.6 is 7.52 Å². The Hall–Kier alpha value is -3.28. The Balaban J connectivity index is 1.90. The van der Waals surface area contributed by atoms with Crippen LogP contribution in [0.1, 0.15) is 83.9 Å². The van der Waals surface area contributed by atoms with Gasteiger partial charge in [-0.15, -0.1) is 0 Å². The number of hydrogen-bond donors (Lipinski definition) is 2. The number of phenolic OH excluding ortho intramolecular Hbond substituents is 1. The highest BCUT2D eigenvalue weighted by molar-refractivity contribution is 7.57. The molecule has 0 aliphatic heterocycles. The summed E-state index contributed by atoms with van der Waals surface area (Å²) in [5.41, 5.74) is 4.67. The zero-order valence-corrected chi connectivity index (χ0v) is 26.0. The quantitative estimate of drug-likeness (QED) is 0.146. The molecule has 0 radical (unpaired) electrons. The highest BCUT2D eigenvalue weighted by Crippen LogP contribution is 2.44. The highest BCUT2D eigenvalue weighted by Gasteiger charge is 2.32. The van der Waals surface area contributed by atoms with Gasteiger partial charge in [0.1, 0.15) is 29.4 Å². The van der Waals surface area contributed by atoms with Gasteiger partial charge in [-0.2, -0.15) is 0 Å². The van der Waals surface area contributed by atoms with Crippen LogP contribution in [0.15, 0.2) is 60.7 Å². The summed E-state index contributed by atoms with van der Waals surface area (Å²) in [4.78, 5) is 12.8. The SMILES string of the molecule is [2H]C([2H])(Oc1cc(C)c(Cc2ccc(O)c(C(C)C)c2)c(C)c1)P(=O)(N[C@@H](C)C(=O)OC(CC)CC)Oc1ccccc1. The number of hydrogen-bond acceptors (Lipinski definition) is 6. The Morgan fingerprint density at radius 1 is 0.976 bits per heavy atom. The van der Waals surface area contributed by atoms with Gasteiger partial charge in [0.15, 0.2) is 6.30 Å². The normalized spacial score (nSPS) is 14.7. The smallest absolute Gasteiger partial charge is 0.354 e. The predicted octanol–water partition coefficient (Wildman–Crippen LogP) is 8.04. The second-order valence-electron chi connectivity index (χ2n) is 10.6. The molecule has 0 heterocycles. The summed E-state index contributed by atoms with van der Waals surface area (Å²) < 4.78 is 48.9. The third kappa shape index (κ3) is 9.11. The molecule has 3 aromatic rings. The van der Waals surface area contributed by atoms with Crippen molar-refractivity contribution in [2.45, 2.75) is 85.8 Å². The van der Waals surface area contributed by atoms with Crippen molar-refractivity contribution in [1.29, 1.82) is 0 Å². The molecule has 41 heavy (non-hydrogen) atoms. The Morgan fingerprint density at radius 3 is 2.20 bits per heavy atom. The largest absolute Gasteiger partial charge is 0.508 e. The van der Waals surface area contributed by atoms with Crippen molar-refractivity contribution in [2.24, 2.45) is 0 Å². The fourth-order valence-electron chi connectivity index (χ4n) is 4.52. The number of para-hydroxylation sites is 1. The van der Waals surface area contributed by atoms with Gasteiger partial charge >= 0.3 is 13.5 Å². The number of carbonyl (C=O) groups is 1. The van der Waals surface area contributed by atoms with E-state index in [-0.39, 0.29) is 29.3 Å². The highest BCUT2D eigenvalue weighted by atomic mass is 31.2. The summed E-state index contributed by atoms with van der Waals surface area (Å²) in [5, 5.41) is 12.8. The summed E-state index contributed by atoms with van der Waals surface area (Å²) in [6.07, 6.45) is -1.31. The minimum Gasteiger partial charge on any atom is -0.508 e. The maximum atomic E-state index is 14.3. The maximum Gasteiger partial charge on any atom is 0.354 e. The van der Waals surface area contributed by atoms with Crippen LogP contribution in [0.2, 0.25) is 0 Å². The molecule has 0 aliphatic rings. The summed E-state index contributed by atoms with van der Waals surface area (Å²) in [5.74, 6) is 0.109. The molecular weight excluding hydrogens is 537 g/mol. The van der Waals surface area contributed by atoms with E-state index in [0.29, 0.717) is 19.3 Å². The summed E-state index contributed by atoms with van der Waals surface area (Å²) in [6, 6.07) is 16.0. The fourth-order valence-corrected chi connectivity index (χ4v) is 5.92. The fraction of sp³-hybridized carbons (Fsp3) is 0.424. The molecule has 0 spiro atoms. The van der Waals surface area contributed by atoms with Gasteiger partial charge in [-0.1, -0.05) is 58.0 Å². The van der Waals surface area contributed by atoms with Gasteiger partial charge in [0.25, 0.3) is 0 Å². The van der Waals surface area contributed by atoms with Crippen LogP contribution in [0.5, 0.6) is 17.2 Å². The molecule has 0 amide bonds. The second-order valence-corrected chi connectivity index (χ2v) is 12.4. The predicted molar refractivity (Wildman–Crippen MR) is 164 cm³/mol. The average molecular weight is 584 g/mol. The molecular formula is C33H44NO6P. The zero-order valence-electron chi connectivity index (χ0n) is 27.1. The number of aromatic hydroxyl groups is 1. The minimum atomic E-state index is -4.56. The minimum absolute atomic E-state index is 0.156. The topological polar surface area (TPSA) is 94.1 Å². The summed E-state index contributed by atoms with van der Waals surface area (Å²) in [6.45, 7) is 13.1. The van der Waals surface area contributed by atoms with E-state index < -0.39 is 25.8 Å². The van der Waals surface area contributed by atoms with Crippen LogP contribution in [-0.2, 0) is 20.5 Å². The van der Waals surface area contributed by atoms with Crippen LogP contribution in [0.3, 0.4) is 0 Å². The molecule has 2 atom stereocenters. The van der Waals surface area contributed by atoms with Crippen LogP contribution in [0.25, 0.3) is 0 Å². The molecule has 0 aromatic heterocycles. The van der Waals surface area contributed by atoms with Crippen LogP contribution in [0.4, 0.5) is 0 Å². The van der Waals surface area contributed by atoms with Crippen molar-refractivity contribution in [2.75, 3.05) is 6.30 Å². The van der Waals surface area contributed by atoms with Crippen LogP contribution in [-0.4, -0.2) is 29.5 Å². The van der Waals surface area contributed by atoms with E-state index >= 15 is 0 Å². The lowest BCUT2D eigenvalue weighted by molar-refractivity contribution is -0.151. The first kappa shape index (κ1) is 29.2. The van der Waals surface area contributed by atoms with Crippen LogP contribution in [0, 0.1) is 13.8 Å². The Labute approximate surface area is 247 Å². The molecule has 0 saturated heterocycles. The molecule has 3 rings (SSSR count). The molecule has 8 heteroatoms. The van der Waals surface area contributed by atoms with Crippen LogP contribution < -0.4 is 14.3 Å². The van der Waals surface area contributed by atoms with E-state index in [9.17, 15) is 14.5 Å². The van der Waals surface area contributed by atoms with E-state index in [1.165, 1.54) is 6.92 Å². The number of phenols is 1. The first-order valence-electron chi connectivity index (χ1n) is 15.1. The van der Waals surface area contributed by atoms with Gasteiger partial charge in [0, 0.05) is 0 Å². The monoisotopic (exact) mass is 583 g/mol. The molecule has 0 saturated carbocycles. The van der Waals surface area contributed by atoms with E-state index in [1.807, 2.05) is 53.7 Å². The Kier molecular flexibility index (Phi) is 10.4. The average Bonchev–Trinajstić information content (AvgIpc) is 2.94. The lowest BCUT2D eigenvalue weighted by atomic mass is 9.93. The van der Waals surface area contributed by atoms with E-state index in [4.69, 9.17) is 16.7 Å². The van der Waals surface area contributed by atoms with Crippen molar-refractivity contribution in [3.05, 3.63) is 88.5 Å². The molecule has 222 valence electrons. The van der Waals surface area contributed by atoms with Gasteiger partial charge in [-0.05, 0) is 104 Å². The van der Waals surface area contributed by atoms with Gasteiger partial charge < -0.3 is 19.1 Å². The molecule has 3 aromatic carbocycles. The first-order chi connectivity index (χ1) is 20.2. The summed E-state index contributed by atoms with van der Waals surface area (Å²) in [7, 11) is -4.56. The van der Waals surface area contributed by atoms with Gasteiger partial charge in [-0.25, -0.2) is 5.09 Å². The first-order valence-corrected chi connectivity index (χ1v) is 15.8. The molecule has 0 bridgehead atoms. The third-order valence-corrected chi connectivity index (χ3v) is 8.46. The number of rotatable bonds is 14. The van der Waals surface area contributed by atoms with Gasteiger partial charge in [0.05, 0.1) is 2.74 Å². The van der Waals surface area contributed by atoms with Crippen molar-refractivity contribution in [3.63, 3.8) is 0 Å². The van der Waals surface area contributed by atoms with Crippen molar-refractivity contribution in [1.82, 2.24) is 5.09 Å². The number of esters is 1. The lowest BCUT2D eigenvalue weighted by Gasteiger charge is -2.25. The number of aryl methyl sites for hydroxylation is 2. The Morgan fingerprint density at radius 2 is 1.61 bits per heavy atom. The van der Waals surface area contributed by atoms with Gasteiger partial charge in [-0.3, -0.25) is 9.36 Å². The van der Waals surface area contributed by atoms with E-state index in [1.54, 1.807) is 48.5 Å². The van der Waals surface area contributed by atoms with E-state index in [0.717, 1.165) is 27.8 Å². The molecule has 1 unspecified atom stereocenters. The van der Waals surface area contributed by atoms with Crippen molar-refractivity contribution >= 4 is 13.5 Å². The molecule has 2 N–H and O–H groups in total. The molecule has 0 fully saturated rings. The molecule has 7 nitrogen and oxygen atoms in total. The number of ether oxygens (including phenoxy) is 2. The maximum absolute atomic E-state index is 14.3. The van der Waals surface area contributed by atoms with Crippen molar-refractivity contribution < 1.29 is 31.2 Å². The zero-order chi connectivity index (χ0) is 31.9. The molecule has 0 aliphatic carbocycles.